The molecule has 2 aromatic carbocycles. The van der Waals surface area contributed by atoms with Crippen LogP contribution in [0, 0.1) is 15.9 Å². The molecule has 0 saturated carbocycles. The molecule has 0 amide bonds. The largest absolute Gasteiger partial charge is 0.370 e. The third-order valence-electron chi connectivity index (χ3n) is 4.37. The number of hydrogen-bond donors (Lipinski definition) is 0. The third kappa shape index (κ3) is 4.22. The van der Waals surface area contributed by atoms with Gasteiger partial charge in [-0.15, -0.1) is 0 Å². The Morgan fingerprint density at radius 1 is 1.25 bits per heavy atom. The van der Waals surface area contributed by atoms with Gasteiger partial charge >= 0.3 is 0 Å². The molecule has 1 aliphatic rings. The topological polar surface area (TPSA) is 89.8 Å². The van der Waals surface area contributed by atoms with Gasteiger partial charge in [-0.25, -0.2) is 12.8 Å². The van der Waals surface area contributed by atoms with Crippen LogP contribution < -0.4 is 4.90 Å². The van der Waals surface area contributed by atoms with E-state index in [0.717, 1.165) is 12.3 Å². The van der Waals surface area contributed by atoms with Gasteiger partial charge in [0.1, 0.15) is 17.6 Å². The Morgan fingerprint density at radius 2 is 1.96 bits per heavy atom. The summed E-state index contributed by atoms with van der Waals surface area (Å²) in [7, 11) is -3.59. The molecule has 1 aliphatic heterocycles. The maximum absolute atomic E-state index is 13.9. The number of nitro benzene ring substituents is 1. The van der Waals surface area contributed by atoms with Crippen molar-refractivity contribution in [3.8, 4) is 0 Å². The van der Waals surface area contributed by atoms with E-state index in [1.807, 2.05) is 0 Å². The summed E-state index contributed by atoms with van der Waals surface area (Å²) >= 11 is 11.9. The summed E-state index contributed by atoms with van der Waals surface area (Å²) in [5.74, 6) is -0.648. The summed E-state index contributed by atoms with van der Waals surface area (Å²) in [5, 5.41) is 11.6. The Kier molecular flexibility index (Phi) is 5.81. The molecule has 1 fully saturated rings. The van der Waals surface area contributed by atoms with Crippen LogP contribution in [-0.4, -0.2) is 39.3 Å². The van der Waals surface area contributed by atoms with Crippen molar-refractivity contribution in [3.63, 3.8) is 0 Å². The lowest BCUT2D eigenvalue weighted by molar-refractivity contribution is -0.384. The van der Waals surface area contributed by atoms with E-state index >= 15 is 0 Å². The fourth-order valence-corrected chi connectivity index (χ4v) is 4.13. The van der Waals surface area contributed by atoms with E-state index in [1.165, 1.54) is 24.3 Å². The molecule has 1 saturated heterocycles. The average Bonchev–Trinajstić information content (AvgIpc) is 2.63. The molecular formula is C17H15Cl2FN2O5S. The molecule has 0 N–H and O–H groups in total. The summed E-state index contributed by atoms with van der Waals surface area (Å²) in [6.45, 7) is 0.722. The van der Waals surface area contributed by atoms with Gasteiger partial charge in [0.05, 0.1) is 21.4 Å². The molecule has 2 aromatic rings. The minimum atomic E-state index is -3.59. The SMILES string of the molecule is CS(=O)(=O)c1ccc(N2CCOC(c3cc(F)c(Cl)cc3Cl)C2)c([N+](=O)[O-])c1. The van der Waals surface area contributed by atoms with Crippen molar-refractivity contribution in [2.75, 3.05) is 30.9 Å². The van der Waals surface area contributed by atoms with Crippen molar-refractivity contribution < 1.29 is 22.5 Å². The Balaban J connectivity index is 1.97. The highest BCUT2D eigenvalue weighted by Gasteiger charge is 2.29. The Hall–Kier alpha value is -1.94. The van der Waals surface area contributed by atoms with Gasteiger partial charge in [-0.2, -0.15) is 0 Å². The van der Waals surface area contributed by atoms with Crippen LogP contribution >= 0.6 is 23.2 Å². The van der Waals surface area contributed by atoms with E-state index in [1.54, 1.807) is 4.90 Å². The van der Waals surface area contributed by atoms with E-state index in [9.17, 15) is 22.9 Å². The third-order valence-corrected chi connectivity index (χ3v) is 6.09. The van der Waals surface area contributed by atoms with Gasteiger partial charge in [0.15, 0.2) is 9.84 Å². The average molecular weight is 449 g/mol. The Morgan fingerprint density at radius 3 is 2.61 bits per heavy atom. The number of nitrogens with zero attached hydrogens (tertiary/aromatic N) is 2. The first-order chi connectivity index (χ1) is 13.1. The number of halogens is 3. The van der Waals surface area contributed by atoms with Gasteiger partial charge in [-0.05, 0) is 24.3 Å². The molecule has 11 heteroatoms. The first-order valence-corrected chi connectivity index (χ1v) is 10.7. The number of anilines is 1. The van der Waals surface area contributed by atoms with E-state index in [2.05, 4.69) is 0 Å². The molecule has 0 aliphatic carbocycles. The fourth-order valence-electron chi connectivity index (χ4n) is 2.99. The van der Waals surface area contributed by atoms with Gasteiger partial charge < -0.3 is 9.64 Å². The number of rotatable bonds is 4. The zero-order valence-electron chi connectivity index (χ0n) is 14.6. The van der Waals surface area contributed by atoms with E-state index in [4.69, 9.17) is 27.9 Å². The van der Waals surface area contributed by atoms with E-state index < -0.39 is 26.7 Å². The number of benzene rings is 2. The lowest BCUT2D eigenvalue weighted by atomic mass is 10.1. The molecule has 0 bridgehead atoms. The maximum Gasteiger partial charge on any atom is 0.293 e. The summed E-state index contributed by atoms with van der Waals surface area (Å²) in [4.78, 5) is 12.4. The highest BCUT2D eigenvalue weighted by Crippen LogP contribution is 2.36. The summed E-state index contributed by atoms with van der Waals surface area (Å²) in [5.41, 5.74) is 0.289. The monoisotopic (exact) mass is 448 g/mol. The van der Waals surface area contributed by atoms with Crippen LogP contribution in [0.2, 0.25) is 10.0 Å². The smallest absolute Gasteiger partial charge is 0.293 e. The van der Waals surface area contributed by atoms with Crippen LogP contribution in [0.25, 0.3) is 0 Å². The van der Waals surface area contributed by atoms with Crippen LogP contribution in [-0.2, 0) is 14.6 Å². The first-order valence-electron chi connectivity index (χ1n) is 8.07. The zero-order valence-corrected chi connectivity index (χ0v) is 16.9. The predicted octanol–water partition coefficient (Wildman–Crippen LogP) is 4.02. The second-order valence-electron chi connectivity index (χ2n) is 6.27. The highest BCUT2D eigenvalue weighted by molar-refractivity contribution is 7.90. The van der Waals surface area contributed by atoms with E-state index in [-0.39, 0.29) is 39.5 Å². The predicted molar refractivity (Wildman–Crippen MR) is 104 cm³/mol. The van der Waals surface area contributed by atoms with Gasteiger partial charge in [-0.1, -0.05) is 23.2 Å². The van der Waals surface area contributed by atoms with Crippen molar-refractivity contribution in [2.24, 2.45) is 0 Å². The lowest BCUT2D eigenvalue weighted by Gasteiger charge is -2.34. The number of sulfone groups is 1. The molecule has 28 heavy (non-hydrogen) atoms. The maximum atomic E-state index is 13.9. The van der Waals surface area contributed by atoms with Crippen molar-refractivity contribution in [1.82, 2.24) is 0 Å². The first kappa shape index (κ1) is 20.8. The van der Waals surface area contributed by atoms with Crippen molar-refractivity contribution in [1.29, 1.82) is 0 Å². The molecule has 7 nitrogen and oxygen atoms in total. The number of morpholine rings is 1. The molecule has 150 valence electrons. The second-order valence-corrected chi connectivity index (χ2v) is 9.10. The molecule has 1 unspecified atom stereocenters. The zero-order chi connectivity index (χ0) is 20.6. The van der Waals surface area contributed by atoms with Gasteiger partial charge in [0.25, 0.3) is 5.69 Å². The molecule has 1 heterocycles. The molecule has 0 aromatic heterocycles. The Bertz CT molecular complexity index is 1050. The standard InChI is InChI=1S/C17H15Cl2FN2O5S/c1-28(25,26)10-2-3-15(16(6-10)22(23)24)21-4-5-27-17(9-21)11-7-14(20)13(19)8-12(11)18/h2-3,6-8,17H,4-5,9H2,1H3. The van der Waals surface area contributed by atoms with Crippen LogP contribution in [0.5, 0.6) is 0 Å². The van der Waals surface area contributed by atoms with Crippen molar-refractivity contribution >= 4 is 44.4 Å². The van der Waals surface area contributed by atoms with Gasteiger partial charge in [0, 0.05) is 36.0 Å². The fraction of sp³-hybridized carbons (Fsp3) is 0.294. The van der Waals surface area contributed by atoms with Gasteiger partial charge in [0.2, 0.25) is 0 Å². The second kappa shape index (κ2) is 7.82. The van der Waals surface area contributed by atoms with Crippen LogP contribution in [0.15, 0.2) is 35.2 Å². The Labute approximate surface area is 170 Å². The van der Waals surface area contributed by atoms with Gasteiger partial charge in [-0.3, -0.25) is 10.1 Å². The lowest BCUT2D eigenvalue weighted by Crippen LogP contribution is -2.38. The molecule has 1 atom stereocenters. The number of ether oxygens (including phenoxy) is 1. The number of hydrogen-bond acceptors (Lipinski definition) is 6. The quantitative estimate of drug-likeness (QED) is 0.398. The van der Waals surface area contributed by atoms with Crippen LogP contribution in [0.1, 0.15) is 11.7 Å². The normalized spacial score (nSPS) is 17.6. The molecule has 0 radical (unpaired) electrons. The summed E-state index contributed by atoms with van der Waals surface area (Å²) < 4.78 is 42.9. The van der Waals surface area contributed by atoms with Crippen LogP contribution in [0.3, 0.4) is 0 Å². The van der Waals surface area contributed by atoms with Crippen molar-refractivity contribution in [3.05, 3.63) is 61.9 Å². The molecular weight excluding hydrogens is 434 g/mol. The number of nitro groups is 1. The van der Waals surface area contributed by atoms with E-state index in [0.29, 0.717) is 12.1 Å². The molecule has 3 rings (SSSR count). The van der Waals surface area contributed by atoms with Crippen LogP contribution in [0.4, 0.5) is 15.8 Å². The highest BCUT2D eigenvalue weighted by atomic mass is 35.5. The summed E-state index contributed by atoms with van der Waals surface area (Å²) in [6, 6.07) is 6.20. The minimum Gasteiger partial charge on any atom is -0.370 e. The van der Waals surface area contributed by atoms with Crippen molar-refractivity contribution in [2.45, 2.75) is 11.0 Å². The minimum absolute atomic E-state index is 0.117. The summed E-state index contributed by atoms with van der Waals surface area (Å²) in [6.07, 6.45) is 0.343. The molecule has 0 spiro atoms.